The standard InChI is InChI=1S/C15H23F3N4O2.HI/c1-3-19-14(20-7-6-15(16,17)18)22-11-12-4-5-13(21-10-12)24-9-8-23-2;/h4-5,10H,3,6-9,11H2,1-2H3,(H2,19,20,22);1H. The summed E-state index contributed by atoms with van der Waals surface area (Å²) >= 11 is 0. The molecule has 0 spiro atoms. The summed E-state index contributed by atoms with van der Waals surface area (Å²) in [5, 5.41) is 5.55. The van der Waals surface area contributed by atoms with Crippen LogP contribution in [0.2, 0.25) is 0 Å². The molecule has 0 aliphatic carbocycles. The van der Waals surface area contributed by atoms with Crippen molar-refractivity contribution >= 4 is 29.9 Å². The average Bonchev–Trinajstić information content (AvgIpc) is 2.53. The molecular formula is C15H24F3IN4O2. The Hall–Kier alpha value is -1.30. The van der Waals surface area contributed by atoms with Crippen LogP contribution in [0.15, 0.2) is 23.3 Å². The van der Waals surface area contributed by atoms with Crippen molar-refractivity contribution in [3.8, 4) is 5.88 Å². The van der Waals surface area contributed by atoms with Crippen molar-refractivity contribution in [2.75, 3.05) is 33.4 Å². The molecule has 0 fully saturated rings. The van der Waals surface area contributed by atoms with Gasteiger partial charge in [-0.3, -0.25) is 0 Å². The topological polar surface area (TPSA) is 67.8 Å². The highest BCUT2D eigenvalue weighted by atomic mass is 127. The molecule has 0 bridgehead atoms. The minimum atomic E-state index is -4.19. The van der Waals surface area contributed by atoms with E-state index >= 15 is 0 Å². The Morgan fingerprint density at radius 3 is 2.56 bits per heavy atom. The fourth-order valence-corrected chi connectivity index (χ4v) is 1.65. The first-order valence-corrected chi connectivity index (χ1v) is 7.60. The summed E-state index contributed by atoms with van der Waals surface area (Å²) in [6.45, 7) is 3.36. The number of halogens is 4. The number of guanidine groups is 1. The average molecular weight is 476 g/mol. The van der Waals surface area contributed by atoms with Gasteiger partial charge < -0.3 is 20.1 Å². The summed E-state index contributed by atoms with van der Waals surface area (Å²) in [5.41, 5.74) is 0.821. The van der Waals surface area contributed by atoms with Crippen LogP contribution >= 0.6 is 24.0 Å². The fraction of sp³-hybridized carbons (Fsp3) is 0.600. The van der Waals surface area contributed by atoms with E-state index in [1.54, 1.807) is 25.4 Å². The number of rotatable bonds is 9. The van der Waals surface area contributed by atoms with Gasteiger partial charge in [-0.15, -0.1) is 24.0 Å². The van der Waals surface area contributed by atoms with Gasteiger partial charge in [0.25, 0.3) is 0 Å². The maximum Gasteiger partial charge on any atom is 0.390 e. The molecule has 0 radical (unpaired) electrons. The molecular weight excluding hydrogens is 452 g/mol. The van der Waals surface area contributed by atoms with Gasteiger partial charge in [-0.1, -0.05) is 6.07 Å². The number of aromatic nitrogens is 1. The van der Waals surface area contributed by atoms with Crippen LogP contribution in [-0.4, -0.2) is 50.5 Å². The van der Waals surface area contributed by atoms with Crippen molar-refractivity contribution in [2.24, 2.45) is 4.99 Å². The second-order valence-electron chi connectivity index (χ2n) is 4.83. The molecule has 1 aromatic rings. The number of aliphatic imine (C=N–C) groups is 1. The number of nitrogens with zero attached hydrogens (tertiary/aromatic N) is 2. The van der Waals surface area contributed by atoms with Crippen LogP contribution in [0.4, 0.5) is 13.2 Å². The van der Waals surface area contributed by atoms with Gasteiger partial charge in [0.05, 0.1) is 19.6 Å². The molecule has 0 aliphatic rings. The SMILES string of the molecule is CCNC(=NCc1ccc(OCCOC)nc1)NCCC(F)(F)F.I. The molecule has 1 aromatic heterocycles. The lowest BCUT2D eigenvalue weighted by Crippen LogP contribution is -2.38. The first-order chi connectivity index (χ1) is 11.4. The van der Waals surface area contributed by atoms with E-state index in [0.29, 0.717) is 38.1 Å². The van der Waals surface area contributed by atoms with Gasteiger partial charge in [0.15, 0.2) is 5.96 Å². The van der Waals surface area contributed by atoms with E-state index in [1.807, 2.05) is 6.92 Å². The summed E-state index contributed by atoms with van der Waals surface area (Å²) in [6.07, 6.45) is -3.48. The van der Waals surface area contributed by atoms with Crippen LogP contribution in [0.1, 0.15) is 18.9 Å². The summed E-state index contributed by atoms with van der Waals surface area (Å²) in [6, 6.07) is 3.52. The molecule has 6 nitrogen and oxygen atoms in total. The third-order valence-corrected chi connectivity index (χ3v) is 2.80. The van der Waals surface area contributed by atoms with Crippen LogP contribution in [0.5, 0.6) is 5.88 Å². The number of methoxy groups -OCH3 is 1. The molecule has 0 aromatic carbocycles. The highest BCUT2D eigenvalue weighted by Gasteiger charge is 2.26. The second-order valence-corrected chi connectivity index (χ2v) is 4.83. The molecule has 0 aliphatic heterocycles. The number of ether oxygens (including phenoxy) is 2. The van der Waals surface area contributed by atoms with E-state index in [0.717, 1.165) is 5.56 Å². The van der Waals surface area contributed by atoms with Crippen molar-refractivity contribution in [1.29, 1.82) is 0 Å². The van der Waals surface area contributed by atoms with Crippen molar-refractivity contribution in [3.05, 3.63) is 23.9 Å². The fourth-order valence-electron chi connectivity index (χ4n) is 1.65. The van der Waals surface area contributed by atoms with E-state index in [2.05, 4.69) is 20.6 Å². The maximum absolute atomic E-state index is 12.2. The van der Waals surface area contributed by atoms with Gasteiger partial charge in [0, 0.05) is 32.5 Å². The molecule has 25 heavy (non-hydrogen) atoms. The van der Waals surface area contributed by atoms with E-state index in [1.165, 1.54) is 0 Å². The second kappa shape index (κ2) is 13.0. The summed E-state index contributed by atoms with van der Waals surface area (Å²) < 4.78 is 46.7. The normalized spacial score (nSPS) is 11.6. The van der Waals surface area contributed by atoms with Gasteiger partial charge in [0.1, 0.15) is 6.61 Å². The minimum absolute atomic E-state index is 0. The van der Waals surface area contributed by atoms with Crippen molar-refractivity contribution in [2.45, 2.75) is 26.1 Å². The monoisotopic (exact) mass is 476 g/mol. The lowest BCUT2D eigenvalue weighted by molar-refractivity contribution is -0.132. The van der Waals surface area contributed by atoms with Gasteiger partial charge in [-0.25, -0.2) is 9.98 Å². The van der Waals surface area contributed by atoms with Crippen molar-refractivity contribution < 1.29 is 22.6 Å². The van der Waals surface area contributed by atoms with Gasteiger partial charge in [-0.2, -0.15) is 13.2 Å². The summed E-state index contributed by atoms with van der Waals surface area (Å²) in [7, 11) is 1.59. The highest BCUT2D eigenvalue weighted by Crippen LogP contribution is 2.18. The Bertz CT molecular complexity index is 499. The predicted octanol–water partition coefficient (Wildman–Crippen LogP) is 2.73. The Balaban J connectivity index is 0.00000576. The Morgan fingerprint density at radius 2 is 2.00 bits per heavy atom. The van der Waals surface area contributed by atoms with E-state index in [9.17, 15) is 13.2 Å². The molecule has 0 saturated heterocycles. The Labute approximate surface area is 162 Å². The molecule has 0 amide bonds. The maximum atomic E-state index is 12.2. The van der Waals surface area contributed by atoms with Crippen LogP contribution in [-0.2, 0) is 11.3 Å². The smallest absolute Gasteiger partial charge is 0.390 e. The van der Waals surface area contributed by atoms with Crippen LogP contribution in [0, 0.1) is 0 Å². The van der Waals surface area contributed by atoms with Crippen LogP contribution in [0.25, 0.3) is 0 Å². The van der Waals surface area contributed by atoms with E-state index < -0.39 is 12.6 Å². The number of alkyl halides is 3. The minimum Gasteiger partial charge on any atom is -0.475 e. The predicted molar refractivity (Wildman–Crippen MR) is 101 cm³/mol. The molecule has 0 unspecified atom stereocenters. The molecule has 1 heterocycles. The lowest BCUT2D eigenvalue weighted by atomic mass is 10.3. The highest BCUT2D eigenvalue weighted by molar-refractivity contribution is 14.0. The number of nitrogens with one attached hydrogen (secondary N) is 2. The van der Waals surface area contributed by atoms with Gasteiger partial charge in [-0.05, 0) is 12.5 Å². The third-order valence-electron chi connectivity index (χ3n) is 2.80. The molecule has 0 atom stereocenters. The van der Waals surface area contributed by atoms with Crippen LogP contribution in [0.3, 0.4) is 0 Å². The van der Waals surface area contributed by atoms with Crippen LogP contribution < -0.4 is 15.4 Å². The number of hydrogen-bond donors (Lipinski definition) is 2. The molecule has 10 heteroatoms. The summed E-state index contributed by atoms with van der Waals surface area (Å²) in [4.78, 5) is 8.37. The first kappa shape index (κ1) is 23.7. The quantitative estimate of drug-likeness (QED) is 0.249. The van der Waals surface area contributed by atoms with Gasteiger partial charge in [0.2, 0.25) is 5.88 Å². The molecule has 0 saturated carbocycles. The Morgan fingerprint density at radius 1 is 1.24 bits per heavy atom. The summed E-state index contributed by atoms with van der Waals surface area (Å²) in [5.74, 6) is 0.817. The number of hydrogen-bond acceptors (Lipinski definition) is 4. The third kappa shape index (κ3) is 11.8. The first-order valence-electron chi connectivity index (χ1n) is 7.60. The zero-order valence-corrected chi connectivity index (χ0v) is 16.6. The Kier molecular flexibility index (Phi) is 12.3. The van der Waals surface area contributed by atoms with E-state index in [4.69, 9.17) is 9.47 Å². The molecule has 144 valence electrons. The zero-order chi connectivity index (χ0) is 17.8. The molecule has 1 rings (SSSR count). The lowest BCUT2D eigenvalue weighted by Gasteiger charge is -2.12. The van der Waals surface area contributed by atoms with Crippen molar-refractivity contribution in [3.63, 3.8) is 0 Å². The van der Waals surface area contributed by atoms with E-state index in [-0.39, 0.29) is 30.5 Å². The number of pyridine rings is 1. The largest absolute Gasteiger partial charge is 0.475 e. The molecule has 2 N–H and O–H groups in total. The zero-order valence-electron chi connectivity index (χ0n) is 14.2. The van der Waals surface area contributed by atoms with Crippen molar-refractivity contribution in [1.82, 2.24) is 15.6 Å². The van der Waals surface area contributed by atoms with Gasteiger partial charge >= 0.3 is 6.18 Å².